The summed E-state index contributed by atoms with van der Waals surface area (Å²) in [5, 5.41) is 1.47. The predicted molar refractivity (Wildman–Crippen MR) is 118 cm³/mol. The lowest BCUT2D eigenvalue weighted by Crippen LogP contribution is -3.00. The van der Waals surface area contributed by atoms with Crippen LogP contribution in [0.25, 0.3) is 12.2 Å². The zero-order chi connectivity index (χ0) is 19.3. The standard InChI is InChI=1S/C22H32N3O2.2ClH/c1-3-26-25(27-4-2)22-12-10-20(11-13-22)8-9-21-14-18-24(19-15-21)17-7-5-6-16-23;;/h8-15,18-19H,3-7,16-17,23H2,1-2H3;2*1H/q+1;;/p-1. The number of halogens is 2. The van der Waals surface area contributed by atoms with Crippen molar-refractivity contribution >= 4 is 30.2 Å². The molecule has 0 bridgehead atoms. The zero-order valence-corrected chi connectivity index (χ0v) is 18.9. The van der Waals surface area contributed by atoms with Gasteiger partial charge in [-0.1, -0.05) is 24.3 Å². The van der Waals surface area contributed by atoms with Crippen molar-refractivity contribution < 1.29 is 26.6 Å². The molecule has 1 heterocycles. The van der Waals surface area contributed by atoms with Crippen LogP contribution in [0, 0.1) is 0 Å². The molecule has 162 valence electrons. The van der Waals surface area contributed by atoms with Crippen molar-refractivity contribution in [2.75, 3.05) is 25.0 Å². The highest BCUT2D eigenvalue weighted by atomic mass is 35.5. The Kier molecular flexibility index (Phi) is 15.3. The van der Waals surface area contributed by atoms with Crippen LogP contribution in [0.3, 0.4) is 0 Å². The predicted octanol–water partition coefficient (Wildman–Crippen LogP) is 1.41. The lowest BCUT2D eigenvalue weighted by atomic mass is 10.1. The molecule has 1 aromatic heterocycles. The number of aryl methyl sites for hydroxylation is 1. The fourth-order valence-corrected chi connectivity index (χ4v) is 2.66. The minimum absolute atomic E-state index is 0. The van der Waals surface area contributed by atoms with Crippen molar-refractivity contribution in [1.29, 1.82) is 0 Å². The van der Waals surface area contributed by atoms with Gasteiger partial charge in [-0.05, 0) is 56.5 Å². The summed E-state index contributed by atoms with van der Waals surface area (Å²) in [5.74, 6) is 0. The topological polar surface area (TPSA) is 51.6 Å². The number of aromatic nitrogens is 1. The van der Waals surface area contributed by atoms with E-state index in [2.05, 4.69) is 53.4 Å². The molecule has 2 rings (SSSR count). The first kappa shape index (κ1) is 27.4. The number of hydrogen-bond acceptors (Lipinski definition) is 4. The van der Waals surface area contributed by atoms with Gasteiger partial charge < -0.3 is 18.1 Å². The van der Waals surface area contributed by atoms with Crippen LogP contribution < -0.4 is 27.9 Å². The number of benzene rings is 1. The van der Waals surface area contributed by atoms with Crippen molar-refractivity contribution in [1.82, 2.24) is 0 Å². The highest BCUT2D eigenvalue weighted by Crippen LogP contribution is 2.17. The van der Waals surface area contributed by atoms with Crippen molar-refractivity contribution in [2.45, 2.75) is 39.7 Å². The molecule has 7 heteroatoms. The largest absolute Gasteiger partial charge is 1.00 e. The van der Waals surface area contributed by atoms with Gasteiger partial charge in [0, 0.05) is 18.6 Å². The smallest absolute Gasteiger partial charge is 0.169 e. The first-order valence-corrected chi connectivity index (χ1v) is 9.80. The molecule has 29 heavy (non-hydrogen) atoms. The molecule has 2 N–H and O–H groups in total. The second-order valence-corrected chi connectivity index (χ2v) is 6.24. The molecule has 0 amide bonds. The summed E-state index contributed by atoms with van der Waals surface area (Å²) in [6.07, 6.45) is 12.0. The maximum absolute atomic E-state index is 5.53. The third-order valence-corrected chi connectivity index (χ3v) is 4.10. The van der Waals surface area contributed by atoms with Gasteiger partial charge in [0.1, 0.15) is 6.54 Å². The van der Waals surface area contributed by atoms with Gasteiger partial charge in [0.2, 0.25) is 0 Å². The van der Waals surface area contributed by atoms with E-state index in [4.69, 9.17) is 15.4 Å². The van der Waals surface area contributed by atoms with Gasteiger partial charge in [-0.15, -0.1) is 17.6 Å². The number of pyridine rings is 1. The van der Waals surface area contributed by atoms with Crippen LogP contribution in [-0.4, -0.2) is 19.8 Å². The highest BCUT2D eigenvalue weighted by Gasteiger charge is 2.06. The maximum atomic E-state index is 5.53. The molecule has 0 saturated heterocycles. The van der Waals surface area contributed by atoms with Crippen LogP contribution in [0.5, 0.6) is 0 Å². The van der Waals surface area contributed by atoms with E-state index in [1.807, 2.05) is 26.0 Å². The molecule has 0 atom stereocenters. The van der Waals surface area contributed by atoms with E-state index in [1.165, 1.54) is 23.6 Å². The van der Waals surface area contributed by atoms with Crippen LogP contribution >= 0.6 is 12.4 Å². The minimum Gasteiger partial charge on any atom is -1.00 e. The molecular formula is C22H33Cl2N3O2. The van der Waals surface area contributed by atoms with Crippen molar-refractivity contribution in [3.05, 3.63) is 59.9 Å². The molecule has 0 unspecified atom stereocenters. The third-order valence-electron chi connectivity index (χ3n) is 4.10. The van der Waals surface area contributed by atoms with Gasteiger partial charge >= 0.3 is 0 Å². The molecule has 0 spiro atoms. The van der Waals surface area contributed by atoms with Crippen molar-refractivity contribution in [2.24, 2.45) is 5.73 Å². The SMILES string of the molecule is CCON(OCC)c1ccc(C=Cc2cc[n+](CCCCCN)cc2)cc1.Cl.[Cl-]. The molecule has 0 saturated carbocycles. The first-order valence-electron chi connectivity index (χ1n) is 9.80. The fraction of sp³-hybridized carbons (Fsp3) is 0.409. The molecule has 1 aromatic carbocycles. The minimum atomic E-state index is 0. The number of anilines is 1. The summed E-state index contributed by atoms with van der Waals surface area (Å²) in [6, 6.07) is 12.4. The number of rotatable bonds is 12. The second-order valence-electron chi connectivity index (χ2n) is 6.24. The molecule has 2 aromatic rings. The van der Waals surface area contributed by atoms with Gasteiger partial charge in [-0.2, -0.15) is 0 Å². The molecular weight excluding hydrogens is 409 g/mol. The molecule has 0 aliphatic rings. The number of nitrogens with zero attached hydrogens (tertiary/aromatic N) is 2. The van der Waals surface area contributed by atoms with Gasteiger partial charge in [-0.25, -0.2) is 14.2 Å². The summed E-state index contributed by atoms with van der Waals surface area (Å²) in [5.41, 5.74) is 8.72. The average Bonchev–Trinajstić information content (AvgIpc) is 2.71. The molecule has 0 aliphatic heterocycles. The molecule has 0 fully saturated rings. The van der Waals surface area contributed by atoms with Gasteiger partial charge in [-0.3, -0.25) is 0 Å². The first-order chi connectivity index (χ1) is 13.3. The Morgan fingerprint density at radius 3 is 1.93 bits per heavy atom. The van der Waals surface area contributed by atoms with Gasteiger partial charge in [0.05, 0.1) is 18.9 Å². The van der Waals surface area contributed by atoms with E-state index in [-0.39, 0.29) is 24.8 Å². The monoisotopic (exact) mass is 441 g/mol. The Morgan fingerprint density at radius 2 is 1.41 bits per heavy atom. The number of unbranched alkanes of at least 4 members (excludes halogenated alkanes) is 2. The van der Waals surface area contributed by atoms with E-state index < -0.39 is 0 Å². The highest BCUT2D eigenvalue weighted by molar-refractivity contribution is 5.85. The average molecular weight is 442 g/mol. The van der Waals surface area contributed by atoms with E-state index in [1.54, 1.807) is 0 Å². The fourth-order valence-electron chi connectivity index (χ4n) is 2.66. The van der Waals surface area contributed by atoms with Crippen molar-refractivity contribution in [3.8, 4) is 0 Å². The maximum Gasteiger partial charge on any atom is 0.169 e. The second kappa shape index (κ2) is 16.2. The lowest BCUT2D eigenvalue weighted by molar-refractivity contribution is -0.697. The summed E-state index contributed by atoms with van der Waals surface area (Å²) in [6.45, 7) is 6.82. The normalized spacial score (nSPS) is 10.4. The number of nitrogens with two attached hydrogens (primary N) is 1. The van der Waals surface area contributed by atoms with Crippen LogP contribution in [0.2, 0.25) is 0 Å². The number of hydrogen-bond donors (Lipinski definition) is 1. The molecule has 5 nitrogen and oxygen atoms in total. The quantitative estimate of drug-likeness (QED) is 0.307. The lowest BCUT2D eigenvalue weighted by Gasteiger charge is -2.21. The van der Waals surface area contributed by atoms with E-state index in [0.29, 0.717) is 13.2 Å². The summed E-state index contributed by atoms with van der Waals surface area (Å²) >= 11 is 0. The van der Waals surface area contributed by atoms with E-state index in [0.717, 1.165) is 30.8 Å². The zero-order valence-electron chi connectivity index (χ0n) is 17.3. The van der Waals surface area contributed by atoms with Crippen LogP contribution in [0.1, 0.15) is 44.2 Å². The Labute approximate surface area is 187 Å². The van der Waals surface area contributed by atoms with Crippen LogP contribution in [0.15, 0.2) is 48.8 Å². The Balaban J connectivity index is 0.00000392. The van der Waals surface area contributed by atoms with Gasteiger partial charge in [0.25, 0.3) is 0 Å². The molecule has 0 radical (unpaired) electrons. The molecule has 0 aliphatic carbocycles. The van der Waals surface area contributed by atoms with Crippen molar-refractivity contribution in [3.63, 3.8) is 0 Å². The summed E-state index contributed by atoms with van der Waals surface area (Å²) < 4.78 is 2.22. The van der Waals surface area contributed by atoms with Crippen LogP contribution in [0.4, 0.5) is 5.69 Å². The Hall–Kier alpha value is -1.63. The van der Waals surface area contributed by atoms with E-state index in [9.17, 15) is 0 Å². The summed E-state index contributed by atoms with van der Waals surface area (Å²) in [4.78, 5) is 10.9. The Bertz CT molecular complexity index is 673. The summed E-state index contributed by atoms with van der Waals surface area (Å²) in [7, 11) is 0. The van der Waals surface area contributed by atoms with Gasteiger partial charge in [0.15, 0.2) is 12.4 Å². The van der Waals surface area contributed by atoms with Crippen LogP contribution in [-0.2, 0) is 16.2 Å². The Morgan fingerprint density at radius 1 is 0.862 bits per heavy atom. The third kappa shape index (κ3) is 10.1. The van der Waals surface area contributed by atoms with E-state index >= 15 is 0 Å².